The molecule has 3 aromatic heterocycles. The van der Waals surface area contributed by atoms with Gasteiger partial charge in [-0.2, -0.15) is 9.61 Å². The maximum Gasteiger partial charge on any atom is 0.177 e. The molecule has 0 spiro atoms. The minimum Gasteiger partial charge on any atom is -0.353 e. The SMILES string of the molecule is Cn1cc(CN2CCN(c3ccc4nncn4n3)CC2)cn1. The topological polar surface area (TPSA) is 67.4 Å². The third-order valence-electron chi connectivity index (χ3n) is 4.01. The van der Waals surface area contributed by atoms with E-state index in [9.17, 15) is 0 Å². The van der Waals surface area contributed by atoms with Gasteiger partial charge in [-0.25, -0.2) is 0 Å². The lowest BCUT2D eigenvalue weighted by Crippen LogP contribution is -2.46. The van der Waals surface area contributed by atoms with E-state index < -0.39 is 0 Å². The van der Waals surface area contributed by atoms with Gasteiger partial charge in [0.2, 0.25) is 0 Å². The monoisotopic (exact) mass is 298 g/mol. The van der Waals surface area contributed by atoms with Crippen molar-refractivity contribution in [2.24, 2.45) is 7.05 Å². The highest BCUT2D eigenvalue weighted by atomic mass is 15.4. The first-order chi connectivity index (χ1) is 10.8. The molecule has 0 aliphatic carbocycles. The van der Waals surface area contributed by atoms with Crippen molar-refractivity contribution in [3.8, 4) is 0 Å². The zero-order valence-corrected chi connectivity index (χ0v) is 12.5. The first kappa shape index (κ1) is 13.2. The van der Waals surface area contributed by atoms with E-state index in [2.05, 4.69) is 36.4 Å². The molecule has 114 valence electrons. The summed E-state index contributed by atoms with van der Waals surface area (Å²) in [4.78, 5) is 4.75. The molecule has 0 amide bonds. The van der Waals surface area contributed by atoms with Gasteiger partial charge in [0, 0.05) is 51.5 Å². The third-order valence-corrected chi connectivity index (χ3v) is 4.01. The number of piperazine rings is 1. The van der Waals surface area contributed by atoms with Crippen LogP contribution < -0.4 is 4.90 Å². The molecule has 1 fully saturated rings. The fraction of sp³-hybridized carbons (Fsp3) is 0.429. The van der Waals surface area contributed by atoms with E-state index in [1.807, 2.05) is 30.1 Å². The zero-order valence-electron chi connectivity index (χ0n) is 12.5. The van der Waals surface area contributed by atoms with Crippen LogP contribution in [0.2, 0.25) is 0 Å². The predicted octanol–water partition coefficient (Wildman–Crippen LogP) is 0.180. The molecule has 8 nitrogen and oxygen atoms in total. The molecule has 0 bridgehead atoms. The van der Waals surface area contributed by atoms with Gasteiger partial charge in [0.05, 0.1) is 6.20 Å². The summed E-state index contributed by atoms with van der Waals surface area (Å²) in [6, 6.07) is 3.97. The van der Waals surface area contributed by atoms with E-state index in [4.69, 9.17) is 0 Å². The number of aromatic nitrogens is 6. The van der Waals surface area contributed by atoms with Crippen molar-refractivity contribution in [3.63, 3.8) is 0 Å². The standard InChI is InChI=1S/C14H18N8/c1-19-9-12(8-16-19)10-20-4-6-21(7-5-20)14-3-2-13-17-15-11-22(13)18-14/h2-3,8-9,11H,4-7,10H2,1H3. The van der Waals surface area contributed by atoms with Crippen LogP contribution in [-0.2, 0) is 13.6 Å². The van der Waals surface area contributed by atoms with Crippen LogP contribution in [0.15, 0.2) is 30.9 Å². The molecular formula is C14H18N8. The first-order valence-corrected chi connectivity index (χ1v) is 7.40. The Bertz CT molecular complexity index is 768. The van der Waals surface area contributed by atoms with Crippen molar-refractivity contribution in [1.82, 2.24) is 34.5 Å². The molecule has 0 N–H and O–H groups in total. The summed E-state index contributed by atoms with van der Waals surface area (Å²) in [5, 5.41) is 16.6. The van der Waals surface area contributed by atoms with Crippen molar-refractivity contribution >= 4 is 11.5 Å². The zero-order chi connectivity index (χ0) is 14.9. The minimum absolute atomic E-state index is 0.777. The molecule has 8 heteroatoms. The van der Waals surface area contributed by atoms with E-state index >= 15 is 0 Å². The number of nitrogens with zero attached hydrogens (tertiary/aromatic N) is 8. The lowest BCUT2D eigenvalue weighted by molar-refractivity contribution is 0.249. The minimum atomic E-state index is 0.777. The van der Waals surface area contributed by atoms with Gasteiger partial charge in [-0.3, -0.25) is 9.58 Å². The second-order valence-corrected chi connectivity index (χ2v) is 5.61. The molecule has 0 unspecified atom stereocenters. The van der Waals surface area contributed by atoms with Crippen LogP contribution in [0.25, 0.3) is 5.65 Å². The summed E-state index contributed by atoms with van der Waals surface area (Å²) in [6.45, 7) is 4.95. The highest BCUT2D eigenvalue weighted by Crippen LogP contribution is 2.15. The number of hydrogen-bond acceptors (Lipinski definition) is 6. The van der Waals surface area contributed by atoms with E-state index in [0.29, 0.717) is 0 Å². The van der Waals surface area contributed by atoms with E-state index in [1.54, 1.807) is 10.8 Å². The Morgan fingerprint density at radius 1 is 1.14 bits per heavy atom. The van der Waals surface area contributed by atoms with Gasteiger partial charge in [0.1, 0.15) is 12.1 Å². The lowest BCUT2D eigenvalue weighted by atomic mass is 10.2. The van der Waals surface area contributed by atoms with Gasteiger partial charge in [-0.1, -0.05) is 0 Å². The Morgan fingerprint density at radius 2 is 2.00 bits per heavy atom. The Labute approximate surface area is 128 Å². The van der Waals surface area contributed by atoms with Crippen LogP contribution in [-0.4, -0.2) is 60.7 Å². The van der Waals surface area contributed by atoms with Crippen LogP contribution >= 0.6 is 0 Å². The Kier molecular flexibility index (Phi) is 3.23. The average molecular weight is 298 g/mol. The molecule has 4 rings (SSSR count). The van der Waals surface area contributed by atoms with E-state index in [-0.39, 0.29) is 0 Å². The maximum atomic E-state index is 4.56. The van der Waals surface area contributed by atoms with Crippen molar-refractivity contribution in [3.05, 3.63) is 36.4 Å². The molecule has 3 aromatic rings. The van der Waals surface area contributed by atoms with E-state index in [0.717, 1.165) is 44.2 Å². The summed E-state index contributed by atoms with van der Waals surface area (Å²) in [5.41, 5.74) is 2.04. The second-order valence-electron chi connectivity index (χ2n) is 5.61. The molecule has 22 heavy (non-hydrogen) atoms. The number of aryl methyl sites for hydroxylation is 1. The smallest absolute Gasteiger partial charge is 0.177 e. The summed E-state index contributed by atoms with van der Waals surface area (Å²) >= 11 is 0. The molecule has 1 aliphatic heterocycles. The molecule has 0 atom stereocenters. The predicted molar refractivity (Wildman–Crippen MR) is 81.5 cm³/mol. The fourth-order valence-corrected chi connectivity index (χ4v) is 2.83. The molecule has 0 radical (unpaired) electrons. The van der Waals surface area contributed by atoms with Crippen LogP contribution in [0.3, 0.4) is 0 Å². The Morgan fingerprint density at radius 3 is 2.77 bits per heavy atom. The summed E-state index contributed by atoms with van der Waals surface area (Å²) in [5.74, 6) is 0.980. The summed E-state index contributed by atoms with van der Waals surface area (Å²) in [6.07, 6.45) is 5.65. The summed E-state index contributed by atoms with van der Waals surface area (Å²) < 4.78 is 3.57. The van der Waals surface area contributed by atoms with Crippen LogP contribution in [0.1, 0.15) is 5.56 Å². The molecule has 4 heterocycles. The Hall–Kier alpha value is -2.48. The van der Waals surface area contributed by atoms with Crippen molar-refractivity contribution in [1.29, 1.82) is 0 Å². The largest absolute Gasteiger partial charge is 0.353 e. The fourth-order valence-electron chi connectivity index (χ4n) is 2.83. The molecule has 0 saturated carbocycles. The van der Waals surface area contributed by atoms with E-state index in [1.165, 1.54) is 5.56 Å². The van der Waals surface area contributed by atoms with Gasteiger partial charge in [-0.15, -0.1) is 15.3 Å². The van der Waals surface area contributed by atoms with Gasteiger partial charge >= 0.3 is 0 Å². The van der Waals surface area contributed by atoms with Crippen LogP contribution in [0.4, 0.5) is 5.82 Å². The Balaban J connectivity index is 1.40. The quantitative estimate of drug-likeness (QED) is 0.687. The lowest BCUT2D eigenvalue weighted by Gasteiger charge is -2.35. The molecular weight excluding hydrogens is 280 g/mol. The normalized spacial score (nSPS) is 16.5. The molecule has 1 aliphatic rings. The number of hydrogen-bond donors (Lipinski definition) is 0. The first-order valence-electron chi connectivity index (χ1n) is 7.40. The average Bonchev–Trinajstić information content (AvgIpc) is 3.16. The van der Waals surface area contributed by atoms with Crippen molar-refractivity contribution in [2.45, 2.75) is 6.54 Å². The van der Waals surface area contributed by atoms with Gasteiger partial charge in [0.25, 0.3) is 0 Å². The number of rotatable bonds is 3. The summed E-state index contributed by atoms with van der Waals surface area (Å²) in [7, 11) is 1.95. The van der Waals surface area contributed by atoms with Gasteiger partial charge in [-0.05, 0) is 12.1 Å². The highest BCUT2D eigenvalue weighted by molar-refractivity contribution is 5.45. The van der Waals surface area contributed by atoms with Crippen LogP contribution in [0, 0.1) is 0 Å². The molecule has 1 saturated heterocycles. The third kappa shape index (κ3) is 2.52. The van der Waals surface area contributed by atoms with Gasteiger partial charge in [0.15, 0.2) is 5.65 Å². The van der Waals surface area contributed by atoms with Crippen molar-refractivity contribution < 1.29 is 0 Å². The number of anilines is 1. The van der Waals surface area contributed by atoms with Gasteiger partial charge < -0.3 is 4.90 Å². The maximum absolute atomic E-state index is 4.56. The second kappa shape index (κ2) is 5.38. The number of fused-ring (bicyclic) bond motifs is 1. The highest BCUT2D eigenvalue weighted by Gasteiger charge is 2.19. The molecule has 0 aromatic carbocycles. The van der Waals surface area contributed by atoms with Crippen LogP contribution in [0.5, 0.6) is 0 Å². The van der Waals surface area contributed by atoms with Crippen molar-refractivity contribution in [2.75, 3.05) is 31.1 Å².